The molecule has 4 heterocycles. The molecule has 5 nitrogen and oxygen atoms in total. The topological polar surface area (TPSA) is 58.0 Å². The Hall–Kier alpha value is -7.24. The lowest BCUT2D eigenvalue weighted by Crippen LogP contribution is -2.24. The van der Waals surface area contributed by atoms with Crippen molar-refractivity contribution < 1.29 is 13.4 Å². The van der Waals surface area contributed by atoms with E-state index in [2.05, 4.69) is 155 Å². The second kappa shape index (κ2) is 13.1. The summed E-state index contributed by atoms with van der Waals surface area (Å²) in [4.78, 5) is 0. The summed E-state index contributed by atoms with van der Waals surface area (Å²) in [6.07, 6.45) is 2.27. The molecule has 11 rings (SSSR count). The highest BCUT2D eigenvalue weighted by molar-refractivity contribution is 6.19. The van der Waals surface area contributed by atoms with Gasteiger partial charge in [0, 0.05) is 62.0 Å². The molecule has 0 fully saturated rings. The molecule has 0 bridgehead atoms. The maximum Gasteiger partial charge on any atom is 0.225 e. The van der Waals surface area contributed by atoms with Crippen LogP contribution in [0.4, 0.5) is 5.69 Å². The highest BCUT2D eigenvalue weighted by Crippen LogP contribution is 2.39. The van der Waals surface area contributed by atoms with Gasteiger partial charge in [0.25, 0.3) is 0 Å². The summed E-state index contributed by atoms with van der Waals surface area (Å²) in [6.45, 7) is 2.08. The minimum Gasteiger partial charge on any atom is -0.456 e. The molecule has 10 aromatic rings. The summed E-state index contributed by atoms with van der Waals surface area (Å²) in [5.74, 6) is 0. The van der Waals surface area contributed by atoms with Crippen LogP contribution in [0.1, 0.15) is 16.7 Å². The van der Waals surface area contributed by atoms with Gasteiger partial charge in [0.2, 0.25) is 17.1 Å². The van der Waals surface area contributed by atoms with Crippen molar-refractivity contribution in [2.45, 2.75) is 6.92 Å². The molecule has 0 atom stereocenters. The molecule has 1 aliphatic rings. The predicted octanol–water partition coefficient (Wildman–Crippen LogP) is 12.7. The Bertz CT molecular complexity index is 3020. The van der Waals surface area contributed by atoms with Crippen molar-refractivity contribution in [1.29, 1.82) is 0 Å². The first-order valence-corrected chi connectivity index (χ1v) is 18.1. The second-order valence-electron chi connectivity index (χ2n) is 13.6. The SMILES string of the molecule is C1=C(c2ccccc2)[N+](c2ccccc2)=C1c1ccc2oc3cc4oc5ccc(-c6cc(-c7ccccc7)n[nH]6)cc5c4cc3c2c1.Cc1ccccc1. The zero-order valence-corrected chi connectivity index (χ0v) is 29.5. The highest BCUT2D eigenvalue weighted by Gasteiger charge is 2.34. The van der Waals surface area contributed by atoms with Crippen LogP contribution < -0.4 is 0 Å². The molecule has 0 aliphatic carbocycles. The second-order valence-corrected chi connectivity index (χ2v) is 13.6. The third kappa shape index (κ3) is 5.60. The van der Waals surface area contributed by atoms with Gasteiger partial charge < -0.3 is 8.83 Å². The van der Waals surface area contributed by atoms with E-state index in [9.17, 15) is 0 Å². The molecule has 0 amide bonds. The maximum absolute atomic E-state index is 6.37. The van der Waals surface area contributed by atoms with Crippen LogP contribution in [0.2, 0.25) is 0 Å². The van der Waals surface area contributed by atoms with Gasteiger partial charge in [-0.25, -0.2) is 0 Å². The molecule has 54 heavy (non-hydrogen) atoms. The molecule has 0 spiro atoms. The molecular formula is C49H34N3O2+. The minimum atomic E-state index is 0.803. The monoisotopic (exact) mass is 696 g/mol. The Balaban J connectivity index is 0.000000467. The van der Waals surface area contributed by atoms with Gasteiger partial charge in [-0.1, -0.05) is 103 Å². The van der Waals surface area contributed by atoms with Crippen molar-refractivity contribution in [3.8, 4) is 22.5 Å². The molecule has 1 aliphatic heterocycles. The van der Waals surface area contributed by atoms with E-state index in [4.69, 9.17) is 8.83 Å². The van der Waals surface area contributed by atoms with Crippen molar-refractivity contribution in [1.82, 2.24) is 10.2 Å². The molecule has 7 aromatic carbocycles. The Morgan fingerprint density at radius 3 is 1.61 bits per heavy atom. The van der Waals surface area contributed by atoms with Gasteiger partial charge in [-0.15, -0.1) is 0 Å². The van der Waals surface area contributed by atoms with E-state index in [1.54, 1.807) is 0 Å². The molecule has 0 unspecified atom stereocenters. The number of hydrogen-bond acceptors (Lipinski definition) is 3. The third-order valence-corrected chi connectivity index (χ3v) is 10.1. The number of benzene rings is 7. The lowest BCUT2D eigenvalue weighted by atomic mass is 9.96. The van der Waals surface area contributed by atoms with Crippen molar-refractivity contribution in [2.24, 2.45) is 0 Å². The molecule has 0 saturated carbocycles. The van der Waals surface area contributed by atoms with Crippen LogP contribution >= 0.6 is 0 Å². The highest BCUT2D eigenvalue weighted by atomic mass is 16.3. The average Bonchev–Trinajstić information content (AvgIpc) is 3.94. The maximum atomic E-state index is 6.37. The Morgan fingerprint density at radius 1 is 0.463 bits per heavy atom. The number of furan rings is 2. The summed E-state index contributed by atoms with van der Waals surface area (Å²) in [5.41, 5.74) is 14.4. The fraction of sp³-hybridized carbons (Fsp3) is 0.0204. The predicted molar refractivity (Wildman–Crippen MR) is 220 cm³/mol. The summed E-state index contributed by atoms with van der Waals surface area (Å²) in [5, 5.41) is 12.0. The van der Waals surface area contributed by atoms with Gasteiger partial charge in [-0.2, -0.15) is 9.67 Å². The Morgan fingerprint density at radius 2 is 1.00 bits per heavy atom. The fourth-order valence-corrected chi connectivity index (χ4v) is 7.35. The minimum absolute atomic E-state index is 0.803. The molecule has 0 saturated heterocycles. The van der Waals surface area contributed by atoms with Gasteiger partial charge in [-0.3, -0.25) is 5.10 Å². The van der Waals surface area contributed by atoms with E-state index < -0.39 is 0 Å². The van der Waals surface area contributed by atoms with E-state index in [-0.39, 0.29) is 0 Å². The molecule has 1 N–H and O–H groups in total. The summed E-state index contributed by atoms with van der Waals surface area (Å²) >= 11 is 0. The normalized spacial score (nSPS) is 12.6. The van der Waals surface area contributed by atoms with Crippen molar-refractivity contribution in [3.05, 3.63) is 199 Å². The number of nitrogens with zero attached hydrogens (tertiary/aromatic N) is 2. The first-order chi connectivity index (χ1) is 26.7. The van der Waals surface area contributed by atoms with Crippen LogP contribution in [-0.2, 0) is 0 Å². The van der Waals surface area contributed by atoms with E-state index >= 15 is 0 Å². The number of fused-ring (bicyclic) bond motifs is 6. The number of hydrogen-bond donors (Lipinski definition) is 1. The number of nitrogens with one attached hydrogen (secondary N) is 1. The molecular weight excluding hydrogens is 663 g/mol. The van der Waals surface area contributed by atoms with E-state index in [1.165, 1.54) is 16.8 Å². The van der Waals surface area contributed by atoms with Crippen LogP contribution in [0, 0.1) is 6.92 Å². The lowest BCUT2D eigenvalue weighted by molar-refractivity contribution is -0.341. The van der Waals surface area contributed by atoms with Crippen molar-refractivity contribution in [3.63, 3.8) is 0 Å². The van der Waals surface area contributed by atoms with Gasteiger partial charge in [0.15, 0.2) is 0 Å². The average molecular weight is 697 g/mol. The third-order valence-electron chi connectivity index (χ3n) is 10.1. The number of para-hydroxylation sites is 1. The fourth-order valence-electron chi connectivity index (χ4n) is 7.35. The smallest absolute Gasteiger partial charge is 0.225 e. The first-order valence-electron chi connectivity index (χ1n) is 18.1. The van der Waals surface area contributed by atoms with Crippen molar-refractivity contribution in [2.75, 3.05) is 0 Å². The van der Waals surface area contributed by atoms with E-state index in [0.717, 1.165) is 83.4 Å². The molecule has 5 heteroatoms. The quantitative estimate of drug-likeness (QED) is 0.182. The van der Waals surface area contributed by atoms with E-state index in [0.29, 0.717) is 0 Å². The van der Waals surface area contributed by atoms with Crippen LogP contribution in [0.25, 0.3) is 72.1 Å². The van der Waals surface area contributed by atoms with Gasteiger partial charge in [-0.05, 0) is 67.6 Å². The molecule has 256 valence electrons. The van der Waals surface area contributed by atoms with Gasteiger partial charge in [0.05, 0.1) is 17.5 Å². The zero-order valence-electron chi connectivity index (χ0n) is 29.5. The lowest BCUT2D eigenvalue weighted by Gasteiger charge is -2.17. The summed E-state index contributed by atoms with van der Waals surface area (Å²) in [7, 11) is 0. The number of aryl methyl sites for hydroxylation is 1. The van der Waals surface area contributed by atoms with Gasteiger partial charge in [0.1, 0.15) is 22.3 Å². The number of H-pyrrole nitrogens is 1. The molecule has 3 aromatic heterocycles. The largest absolute Gasteiger partial charge is 0.456 e. The van der Waals surface area contributed by atoms with Crippen LogP contribution in [-0.4, -0.2) is 20.5 Å². The number of aromatic nitrogens is 2. The standard InChI is InChI=1S/C42H26N3O2.C7H8/c1-4-10-26(11-5-1)35-23-36(44-43-35)28-16-18-39-31(20-28)33-22-34-32-21-29(17-19-40(32)47-42(34)25-41(33)46-39)38-24-37(27-12-6-2-7-13-27)45(38)30-14-8-3-9-15-30;1-7-5-3-2-4-6-7/h1-25H,(H,43,44);2-6H,1H3/q+1;. The van der Waals surface area contributed by atoms with Crippen LogP contribution in [0.3, 0.4) is 0 Å². The van der Waals surface area contributed by atoms with Crippen LogP contribution in [0.15, 0.2) is 191 Å². The van der Waals surface area contributed by atoms with Crippen molar-refractivity contribution >= 4 is 61.0 Å². The van der Waals surface area contributed by atoms with Gasteiger partial charge >= 0.3 is 0 Å². The summed E-state index contributed by atoms with van der Waals surface area (Å²) in [6, 6.07) is 60.6. The first kappa shape index (κ1) is 31.5. The number of allylic oxidation sites excluding steroid dienone is 1. The Labute approximate surface area is 311 Å². The summed E-state index contributed by atoms with van der Waals surface area (Å²) < 4.78 is 15.0. The molecule has 0 radical (unpaired) electrons. The number of aromatic amines is 1. The number of rotatable bonds is 5. The van der Waals surface area contributed by atoms with E-state index in [1.807, 2.05) is 48.5 Å². The Kier molecular flexibility index (Phi) is 7.62. The van der Waals surface area contributed by atoms with Crippen LogP contribution in [0.5, 0.6) is 0 Å². The zero-order chi connectivity index (χ0) is 36.0.